The molecule has 0 unspecified atom stereocenters. The molecule has 102 valence electrons. The van der Waals surface area contributed by atoms with Gasteiger partial charge in [-0.1, -0.05) is 18.2 Å². The van der Waals surface area contributed by atoms with Gasteiger partial charge in [0.2, 0.25) is 5.75 Å². The van der Waals surface area contributed by atoms with Crippen LogP contribution in [0.4, 0.5) is 0 Å². The van der Waals surface area contributed by atoms with E-state index >= 15 is 0 Å². The Morgan fingerprint density at radius 3 is 2.40 bits per heavy atom. The SMILES string of the molecule is COc1cc(C)c2c(oc(=O)c3ccccc32)c1OC. The Hall–Kier alpha value is -2.49. The summed E-state index contributed by atoms with van der Waals surface area (Å²) in [7, 11) is 3.09. The zero-order valence-corrected chi connectivity index (χ0v) is 11.5. The second-order valence-electron chi connectivity index (χ2n) is 4.57. The third-order valence-electron chi connectivity index (χ3n) is 3.43. The molecule has 1 aromatic heterocycles. The Bertz CT molecular complexity index is 862. The van der Waals surface area contributed by atoms with Crippen LogP contribution < -0.4 is 15.1 Å². The lowest BCUT2D eigenvalue weighted by atomic mass is 10.0. The van der Waals surface area contributed by atoms with E-state index < -0.39 is 0 Å². The van der Waals surface area contributed by atoms with Crippen molar-refractivity contribution in [3.8, 4) is 11.5 Å². The lowest BCUT2D eigenvalue weighted by Crippen LogP contribution is -2.02. The molecule has 2 aromatic carbocycles. The molecule has 0 saturated heterocycles. The van der Waals surface area contributed by atoms with Gasteiger partial charge >= 0.3 is 5.63 Å². The van der Waals surface area contributed by atoms with E-state index in [1.54, 1.807) is 13.2 Å². The number of rotatable bonds is 2. The maximum absolute atomic E-state index is 12.1. The predicted octanol–water partition coefficient (Wildman–Crippen LogP) is 3.27. The summed E-state index contributed by atoms with van der Waals surface area (Å²) >= 11 is 0. The number of aryl methyl sites for hydroxylation is 1. The highest BCUT2D eigenvalue weighted by Gasteiger charge is 2.17. The molecule has 1 heterocycles. The van der Waals surface area contributed by atoms with Crippen LogP contribution in [0.25, 0.3) is 21.7 Å². The summed E-state index contributed by atoms with van der Waals surface area (Å²) in [5, 5.41) is 2.30. The Morgan fingerprint density at radius 2 is 1.75 bits per heavy atom. The van der Waals surface area contributed by atoms with Crippen molar-refractivity contribution in [1.82, 2.24) is 0 Å². The van der Waals surface area contributed by atoms with E-state index in [2.05, 4.69) is 0 Å². The summed E-state index contributed by atoms with van der Waals surface area (Å²) in [6.45, 7) is 1.96. The Kier molecular flexibility index (Phi) is 2.86. The quantitative estimate of drug-likeness (QED) is 0.529. The normalized spacial score (nSPS) is 10.9. The molecule has 0 N–H and O–H groups in total. The summed E-state index contributed by atoms with van der Waals surface area (Å²) in [4.78, 5) is 12.1. The number of ether oxygens (including phenoxy) is 2. The fourth-order valence-corrected chi connectivity index (χ4v) is 2.54. The standard InChI is InChI=1S/C16H14O4/c1-9-8-12(18-2)14(19-3)15-13(9)10-6-4-5-7-11(10)16(17)20-15/h4-8H,1-3H3. The average Bonchev–Trinajstić information content (AvgIpc) is 2.47. The topological polar surface area (TPSA) is 48.7 Å². The molecule has 0 fully saturated rings. The molecule has 3 rings (SSSR count). The van der Waals surface area contributed by atoms with Gasteiger partial charge < -0.3 is 13.9 Å². The summed E-state index contributed by atoms with van der Waals surface area (Å²) < 4.78 is 16.1. The molecule has 0 aliphatic heterocycles. The van der Waals surface area contributed by atoms with Crippen molar-refractivity contribution in [2.24, 2.45) is 0 Å². The van der Waals surface area contributed by atoms with Crippen LogP contribution in [0.3, 0.4) is 0 Å². The van der Waals surface area contributed by atoms with Gasteiger partial charge in [-0.15, -0.1) is 0 Å². The average molecular weight is 270 g/mol. The Balaban J connectivity index is 2.63. The first-order valence-electron chi connectivity index (χ1n) is 6.24. The van der Waals surface area contributed by atoms with E-state index in [0.29, 0.717) is 22.5 Å². The summed E-state index contributed by atoms with van der Waals surface area (Å²) in [5.41, 5.74) is 1.02. The lowest BCUT2D eigenvalue weighted by Gasteiger charge is -2.13. The predicted molar refractivity (Wildman–Crippen MR) is 77.8 cm³/mol. The van der Waals surface area contributed by atoms with Crippen LogP contribution >= 0.6 is 0 Å². The molecule has 3 aromatic rings. The third-order valence-corrected chi connectivity index (χ3v) is 3.43. The van der Waals surface area contributed by atoms with E-state index in [-0.39, 0.29) is 5.63 Å². The van der Waals surface area contributed by atoms with Gasteiger partial charge in [-0.25, -0.2) is 4.79 Å². The zero-order valence-electron chi connectivity index (χ0n) is 11.5. The molecule has 0 amide bonds. The maximum Gasteiger partial charge on any atom is 0.344 e. The molecule has 0 aliphatic rings. The fourth-order valence-electron chi connectivity index (χ4n) is 2.54. The minimum Gasteiger partial charge on any atom is -0.493 e. The van der Waals surface area contributed by atoms with Crippen molar-refractivity contribution >= 4 is 21.7 Å². The number of fused-ring (bicyclic) bond motifs is 3. The van der Waals surface area contributed by atoms with Crippen molar-refractivity contribution in [2.45, 2.75) is 6.92 Å². The zero-order chi connectivity index (χ0) is 14.3. The molecule has 0 bridgehead atoms. The largest absolute Gasteiger partial charge is 0.493 e. The highest BCUT2D eigenvalue weighted by atomic mass is 16.5. The van der Waals surface area contributed by atoms with Crippen molar-refractivity contribution in [1.29, 1.82) is 0 Å². The van der Waals surface area contributed by atoms with Crippen LogP contribution in [0.15, 0.2) is 39.5 Å². The summed E-state index contributed by atoms with van der Waals surface area (Å²) in [6.07, 6.45) is 0. The molecular weight excluding hydrogens is 256 g/mol. The van der Waals surface area contributed by atoms with Gasteiger partial charge in [-0.3, -0.25) is 0 Å². The second-order valence-corrected chi connectivity index (χ2v) is 4.57. The second kappa shape index (κ2) is 4.56. The minimum atomic E-state index is -0.376. The van der Waals surface area contributed by atoms with Crippen molar-refractivity contribution in [3.05, 3.63) is 46.3 Å². The van der Waals surface area contributed by atoms with Gasteiger partial charge in [0.05, 0.1) is 19.6 Å². The van der Waals surface area contributed by atoms with Gasteiger partial charge in [0.25, 0.3) is 0 Å². The highest BCUT2D eigenvalue weighted by molar-refractivity contribution is 6.08. The molecule has 0 saturated carbocycles. The van der Waals surface area contributed by atoms with E-state index in [4.69, 9.17) is 13.9 Å². The monoisotopic (exact) mass is 270 g/mol. The van der Waals surface area contributed by atoms with Gasteiger partial charge in [-0.2, -0.15) is 0 Å². The minimum absolute atomic E-state index is 0.376. The molecule has 4 nitrogen and oxygen atoms in total. The van der Waals surface area contributed by atoms with Gasteiger partial charge in [-0.05, 0) is 24.6 Å². The van der Waals surface area contributed by atoms with Gasteiger partial charge in [0.1, 0.15) is 0 Å². The maximum atomic E-state index is 12.1. The Morgan fingerprint density at radius 1 is 1.05 bits per heavy atom. The van der Waals surface area contributed by atoms with Crippen molar-refractivity contribution in [2.75, 3.05) is 14.2 Å². The number of hydrogen-bond acceptors (Lipinski definition) is 4. The number of benzene rings is 2. The van der Waals surface area contributed by atoms with E-state index in [0.717, 1.165) is 16.3 Å². The van der Waals surface area contributed by atoms with Gasteiger partial charge in [0, 0.05) is 10.8 Å². The van der Waals surface area contributed by atoms with Crippen molar-refractivity contribution < 1.29 is 13.9 Å². The molecule has 0 atom stereocenters. The first-order valence-corrected chi connectivity index (χ1v) is 6.24. The van der Waals surface area contributed by atoms with E-state index in [1.807, 2.05) is 31.2 Å². The van der Waals surface area contributed by atoms with E-state index in [9.17, 15) is 4.79 Å². The smallest absolute Gasteiger partial charge is 0.344 e. The molecule has 4 heteroatoms. The van der Waals surface area contributed by atoms with Crippen LogP contribution in [0, 0.1) is 6.92 Å². The van der Waals surface area contributed by atoms with Crippen LogP contribution in [0.1, 0.15) is 5.56 Å². The molecule has 20 heavy (non-hydrogen) atoms. The summed E-state index contributed by atoms with van der Waals surface area (Å²) in [6, 6.07) is 9.27. The van der Waals surface area contributed by atoms with Crippen LogP contribution in [-0.4, -0.2) is 14.2 Å². The third kappa shape index (κ3) is 1.65. The van der Waals surface area contributed by atoms with Crippen LogP contribution in [0.2, 0.25) is 0 Å². The first kappa shape index (κ1) is 12.5. The van der Waals surface area contributed by atoms with E-state index in [1.165, 1.54) is 7.11 Å². The molecule has 0 aliphatic carbocycles. The lowest BCUT2D eigenvalue weighted by molar-refractivity contribution is 0.352. The summed E-state index contributed by atoms with van der Waals surface area (Å²) in [5.74, 6) is 0.992. The number of methoxy groups -OCH3 is 2. The molecule has 0 radical (unpaired) electrons. The first-order chi connectivity index (χ1) is 9.67. The molecule has 0 spiro atoms. The highest BCUT2D eigenvalue weighted by Crippen LogP contribution is 2.39. The van der Waals surface area contributed by atoms with Crippen LogP contribution in [0.5, 0.6) is 11.5 Å². The molecular formula is C16H14O4. The van der Waals surface area contributed by atoms with Crippen molar-refractivity contribution in [3.63, 3.8) is 0 Å². The fraction of sp³-hybridized carbons (Fsp3) is 0.188. The van der Waals surface area contributed by atoms with Gasteiger partial charge in [0.15, 0.2) is 11.3 Å². The Labute approximate surface area is 115 Å². The number of hydrogen-bond donors (Lipinski definition) is 0. The van der Waals surface area contributed by atoms with Crippen LogP contribution in [-0.2, 0) is 0 Å².